The standard InChI is InChI=1S/C47H53F4N5O6S/c1-46(2)44(58)55(39-17-14-36(31-52)42(30-39)47(49,50)51)45(63)56(46)38-18-20-40(21-19-38)61-24-7-5-3-4-6-11-43(57)54-23-26-60-28-27-59-25-22-53-32-35-9-8-10-41(29-35)62-33-34-12-15-37(48)16-13-34/h8-10,12-21,29-30,53H,3-7,11,22-28,32-33H2,1-2H3,(H,54,57). The highest BCUT2D eigenvalue weighted by Gasteiger charge is 2.50. The number of nitriles is 1. The predicted molar refractivity (Wildman–Crippen MR) is 236 cm³/mol. The first-order valence-electron chi connectivity index (χ1n) is 20.9. The second-order valence-electron chi connectivity index (χ2n) is 15.3. The third kappa shape index (κ3) is 14.5. The van der Waals surface area contributed by atoms with Crippen molar-refractivity contribution in [3.8, 4) is 17.6 Å². The summed E-state index contributed by atoms with van der Waals surface area (Å²) in [6.07, 6.45) is 0.115. The highest BCUT2D eigenvalue weighted by molar-refractivity contribution is 7.81. The molecule has 1 saturated heterocycles. The summed E-state index contributed by atoms with van der Waals surface area (Å²) in [7, 11) is 0. The van der Waals surface area contributed by atoms with E-state index in [-0.39, 0.29) is 22.5 Å². The zero-order valence-corrected chi connectivity index (χ0v) is 36.3. The third-order valence-electron chi connectivity index (χ3n) is 10.2. The molecule has 0 atom stereocenters. The van der Waals surface area contributed by atoms with Gasteiger partial charge in [-0.2, -0.15) is 18.4 Å². The quantitative estimate of drug-likeness (QED) is 0.0379. The van der Waals surface area contributed by atoms with Gasteiger partial charge in [0.1, 0.15) is 29.5 Å². The molecule has 11 nitrogen and oxygen atoms in total. The Bertz CT molecular complexity index is 2170. The largest absolute Gasteiger partial charge is 0.494 e. The smallest absolute Gasteiger partial charge is 0.417 e. The summed E-state index contributed by atoms with van der Waals surface area (Å²) in [4.78, 5) is 28.3. The van der Waals surface area contributed by atoms with E-state index in [0.717, 1.165) is 66.0 Å². The molecule has 0 unspecified atom stereocenters. The van der Waals surface area contributed by atoms with Gasteiger partial charge in [-0.1, -0.05) is 43.5 Å². The molecule has 0 bridgehead atoms. The van der Waals surface area contributed by atoms with E-state index >= 15 is 0 Å². The maximum atomic E-state index is 13.7. The number of carbonyl (C=O) groups excluding carboxylic acids is 2. The number of halogens is 4. The molecule has 0 radical (unpaired) electrons. The minimum atomic E-state index is -4.78. The van der Waals surface area contributed by atoms with E-state index in [1.54, 1.807) is 61.2 Å². The van der Waals surface area contributed by atoms with Gasteiger partial charge in [-0.3, -0.25) is 14.5 Å². The number of alkyl halides is 3. The highest BCUT2D eigenvalue weighted by atomic mass is 32.1. The summed E-state index contributed by atoms with van der Waals surface area (Å²) in [6, 6.07) is 25.7. The van der Waals surface area contributed by atoms with Crippen molar-refractivity contribution in [2.45, 2.75) is 77.2 Å². The second-order valence-corrected chi connectivity index (χ2v) is 15.7. The van der Waals surface area contributed by atoms with Crippen LogP contribution in [0.1, 0.15) is 74.6 Å². The zero-order valence-electron chi connectivity index (χ0n) is 35.5. The number of thiocarbonyl (C=S) groups is 1. The molecule has 1 aliphatic rings. The number of anilines is 2. The van der Waals surface area contributed by atoms with E-state index < -0.39 is 28.7 Å². The van der Waals surface area contributed by atoms with Gasteiger partial charge >= 0.3 is 6.18 Å². The van der Waals surface area contributed by atoms with Crippen molar-refractivity contribution >= 4 is 40.5 Å². The van der Waals surface area contributed by atoms with Gasteiger partial charge in [0.25, 0.3) is 5.91 Å². The van der Waals surface area contributed by atoms with Gasteiger partial charge in [0.2, 0.25) is 5.91 Å². The number of amides is 2. The summed E-state index contributed by atoms with van der Waals surface area (Å²) in [5, 5.41) is 15.4. The number of benzene rings is 4. The maximum absolute atomic E-state index is 13.7. The van der Waals surface area contributed by atoms with Crippen LogP contribution in [0.2, 0.25) is 0 Å². The van der Waals surface area contributed by atoms with Gasteiger partial charge in [0, 0.05) is 31.7 Å². The molecule has 5 rings (SSSR count). The molecule has 4 aromatic carbocycles. The zero-order chi connectivity index (χ0) is 45.2. The Morgan fingerprint density at radius 2 is 1.46 bits per heavy atom. The van der Waals surface area contributed by atoms with Crippen molar-refractivity contribution in [3.63, 3.8) is 0 Å². The van der Waals surface area contributed by atoms with Crippen LogP contribution in [0, 0.1) is 17.1 Å². The van der Waals surface area contributed by atoms with Gasteiger partial charge in [0.15, 0.2) is 5.11 Å². The number of rotatable bonds is 25. The molecule has 1 aliphatic heterocycles. The molecule has 1 heterocycles. The van der Waals surface area contributed by atoms with E-state index in [1.165, 1.54) is 18.2 Å². The fourth-order valence-corrected chi connectivity index (χ4v) is 7.32. The van der Waals surface area contributed by atoms with Crippen LogP contribution in [-0.2, 0) is 38.4 Å². The fraction of sp³-hybridized carbons (Fsp3) is 0.404. The van der Waals surface area contributed by atoms with Crippen LogP contribution in [0.5, 0.6) is 11.5 Å². The molecule has 2 amide bonds. The average molecular weight is 892 g/mol. The van der Waals surface area contributed by atoms with Crippen LogP contribution in [0.25, 0.3) is 0 Å². The second kappa shape index (κ2) is 23.7. The summed E-state index contributed by atoms with van der Waals surface area (Å²) < 4.78 is 77.0. The fourth-order valence-electron chi connectivity index (χ4n) is 6.80. The lowest BCUT2D eigenvalue weighted by Gasteiger charge is -2.29. The Kier molecular flexibility index (Phi) is 18.2. The number of nitrogens with zero attached hydrogens (tertiary/aromatic N) is 3. The number of hydrogen-bond donors (Lipinski definition) is 2. The first-order valence-corrected chi connectivity index (χ1v) is 21.3. The van der Waals surface area contributed by atoms with Crippen LogP contribution >= 0.6 is 12.2 Å². The van der Waals surface area contributed by atoms with E-state index in [0.29, 0.717) is 77.1 Å². The van der Waals surface area contributed by atoms with E-state index in [4.69, 9.17) is 36.4 Å². The van der Waals surface area contributed by atoms with Crippen molar-refractivity contribution in [1.29, 1.82) is 5.26 Å². The number of hydrogen-bond acceptors (Lipinski definition) is 9. The lowest BCUT2D eigenvalue weighted by Crippen LogP contribution is -2.44. The maximum Gasteiger partial charge on any atom is 0.417 e. The summed E-state index contributed by atoms with van der Waals surface area (Å²) >= 11 is 5.61. The minimum absolute atomic E-state index is 0.00214. The molecule has 16 heteroatoms. The van der Waals surface area contributed by atoms with Gasteiger partial charge in [-0.05, 0) is 117 Å². The average Bonchev–Trinajstić information content (AvgIpc) is 3.44. The monoisotopic (exact) mass is 891 g/mol. The molecule has 0 aromatic heterocycles. The Labute approximate surface area is 371 Å². The Hall–Kier alpha value is -5.60. The predicted octanol–water partition coefficient (Wildman–Crippen LogP) is 8.87. The minimum Gasteiger partial charge on any atom is -0.494 e. The van der Waals surface area contributed by atoms with Gasteiger partial charge in [-0.15, -0.1) is 0 Å². The van der Waals surface area contributed by atoms with Gasteiger partial charge in [-0.25, -0.2) is 4.39 Å². The van der Waals surface area contributed by atoms with Crippen LogP contribution in [0.15, 0.2) is 91.0 Å². The molecule has 63 heavy (non-hydrogen) atoms. The summed E-state index contributed by atoms with van der Waals surface area (Å²) in [5.74, 6) is 0.596. The van der Waals surface area contributed by atoms with Crippen molar-refractivity contribution in [2.24, 2.45) is 0 Å². The normalized spacial score (nSPS) is 13.6. The van der Waals surface area contributed by atoms with Gasteiger partial charge < -0.3 is 34.5 Å². The SMILES string of the molecule is CC1(C)C(=O)N(c2ccc(C#N)c(C(F)(F)F)c2)C(=S)N1c1ccc(OCCCCCCCC(=O)NCCOCCOCCNCc2cccc(OCc3ccc(F)cc3)c2)cc1. The molecule has 4 aromatic rings. The Morgan fingerprint density at radius 3 is 2.17 bits per heavy atom. The highest BCUT2D eigenvalue weighted by Crippen LogP contribution is 2.40. The molecule has 0 saturated carbocycles. The first-order chi connectivity index (χ1) is 30.3. The first kappa shape index (κ1) is 48.4. The van der Waals surface area contributed by atoms with Crippen molar-refractivity contribution in [2.75, 3.05) is 55.9 Å². The molecule has 0 aliphatic carbocycles. The van der Waals surface area contributed by atoms with Crippen molar-refractivity contribution < 1.29 is 46.1 Å². The van der Waals surface area contributed by atoms with Crippen LogP contribution in [0.4, 0.5) is 28.9 Å². The lowest BCUT2D eigenvalue weighted by atomic mass is 10.0. The van der Waals surface area contributed by atoms with Gasteiger partial charge in [0.05, 0.1) is 55.9 Å². The van der Waals surface area contributed by atoms with Crippen molar-refractivity contribution in [1.82, 2.24) is 10.6 Å². The van der Waals surface area contributed by atoms with Crippen LogP contribution < -0.4 is 29.9 Å². The van der Waals surface area contributed by atoms with Crippen LogP contribution in [0.3, 0.4) is 0 Å². The Morgan fingerprint density at radius 1 is 0.778 bits per heavy atom. The number of ether oxygens (including phenoxy) is 4. The molecule has 2 N–H and O–H groups in total. The topological polar surface area (TPSA) is 125 Å². The lowest BCUT2D eigenvalue weighted by molar-refractivity contribution is -0.137. The van der Waals surface area contributed by atoms with E-state index in [9.17, 15) is 27.2 Å². The van der Waals surface area contributed by atoms with Crippen LogP contribution in [-0.4, -0.2) is 68.6 Å². The molecule has 0 spiro atoms. The number of unbranched alkanes of at least 4 members (excludes halogenated alkanes) is 4. The molecular weight excluding hydrogens is 839 g/mol. The number of nitrogens with one attached hydrogen (secondary N) is 2. The Balaban J connectivity index is 0.855. The third-order valence-corrected chi connectivity index (χ3v) is 10.5. The van der Waals surface area contributed by atoms with E-state index in [1.807, 2.05) is 24.3 Å². The van der Waals surface area contributed by atoms with E-state index in [2.05, 4.69) is 10.6 Å². The molecule has 1 fully saturated rings. The summed E-state index contributed by atoms with van der Waals surface area (Å²) in [5.41, 5.74) is -0.392. The summed E-state index contributed by atoms with van der Waals surface area (Å²) in [6.45, 7) is 7.77. The molecular formula is C47H53F4N5O6S. The molecule has 336 valence electrons. The number of carbonyl (C=O) groups is 2. The van der Waals surface area contributed by atoms with Crippen molar-refractivity contribution in [3.05, 3.63) is 119 Å².